The van der Waals surface area contributed by atoms with Gasteiger partial charge >= 0.3 is 5.97 Å². The van der Waals surface area contributed by atoms with Crippen LogP contribution in [0.4, 0.5) is 0 Å². The van der Waals surface area contributed by atoms with Gasteiger partial charge in [0.05, 0.1) is 29.9 Å². The van der Waals surface area contributed by atoms with Gasteiger partial charge in [0.2, 0.25) is 0 Å². The van der Waals surface area contributed by atoms with Gasteiger partial charge in [-0.1, -0.05) is 6.92 Å². The van der Waals surface area contributed by atoms with Gasteiger partial charge in [0.1, 0.15) is 0 Å². The molecule has 0 aliphatic rings. The van der Waals surface area contributed by atoms with E-state index in [-0.39, 0.29) is 5.97 Å². The fourth-order valence-electron chi connectivity index (χ4n) is 3.18. The smallest absolute Gasteiger partial charge is 0.308 e. The summed E-state index contributed by atoms with van der Waals surface area (Å²) in [7, 11) is 1.57. The van der Waals surface area contributed by atoms with Crippen LogP contribution in [-0.2, 0) is 11.2 Å². The molecule has 0 saturated heterocycles. The standard InChI is InChI=1S/C19H20N2O3/c1-5-15-12(2)21(14-7-6-10-20-11-14)16-8-9-17(23-4)19(18(15)16)24-13(3)22/h6-11H,5H2,1-4H3. The molecule has 0 amide bonds. The molecule has 2 heterocycles. The van der Waals surface area contributed by atoms with E-state index < -0.39 is 0 Å². The van der Waals surface area contributed by atoms with E-state index in [0.29, 0.717) is 11.5 Å². The molecule has 3 rings (SSSR count). The number of aromatic nitrogens is 2. The average molecular weight is 324 g/mol. The van der Waals surface area contributed by atoms with Gasteiger partial charge in [0, 0.05) is 18.8 Å². The number of pyridine rings is 1. The fourth-order valence-corrected chi connectivity index (χ4v) is 3.18. The van der Waals surface area contributed by atoms with Crippen LogP contribution in [0.5, 0.6) is 11.5 Å². The SMILES string of the molecule is CCc1c(C)n(-c2cccnc2)c2ccc(OC)c(OC(C)=O)c12. The van der Waals surface area contributed by atoms with Gasteiger partial charge in [-0.05, 0) is 43.2 Å². The van der Waals surface area contributed by atoms with Crippen molar-refractivity contribution >= 4 is 16.9 Å². The normalized spacial score (nSPS) is 10.8. The minimum atomic E-state index is -0.366. The maximum Gasteiger partial charge on any atom is 0.308 e. The summed E-state index contributed by atoms with van der Waals surface area (Å²) in [5, 5.41) is 0.911. The van der Waals surface area contributed by atoms with E-state index in [1.165, 1.54) is 6.92 Å². The largest absolute Gasteiger partial charge is 0.493 e. The third-order valence-corrected chi connectivity index (χ3v) is 4.14. The van der Waals surface area contributed by atoms with Crippen LogP contribution in [0.3, 0.4) is 0 Å². The van der Waals surface area contributed by atoms with Crippen molar-refractivity contribution in [1.29, 1.82) is 0 Å². The number of hydrogen-bond acceptors (Lipinski definition) is 4. The monoisotopic (exact) mass is 324 g/mol. The van der Waals surface area contributed by atoms with Crippen molar-refractivity contribution in [3.63, 3.8) is 0 Å². The lowest BCUT2D eigenvalue weighted by atomic mass is 10.1. The quantitative estimate of drug-likeness (QED) is 0.540. The topological polar surface area (TPSA) is 53.4 Å². The van der Waals surface area contributed by atoms with Crippen LogP contribution in [0.1, 0.15) is 25.1 Å². The molecular formula is C19H20N2O3. The predicted octanol–water partition coefficient (Wildman–Crippen LogP) is 3.83. The Morgan fingerprint density at radius 2 is 2.08 bits per heavy atom. The van der Waals surface area contributed by atoms with E-state index in [2.05, 4.69) is 23.4 Å². The lowest BCUT2D eigenvalue weighted by Crippen LogP contribution is -2.04. The minimum Gasteiger partial charge on any atom is -0.493 e. The Bertz CT molecular complexity index is 898. The van der Waals surface area contributed by atoms with E-state index in [0.717, 1.165) is 34.3 Å². The number of rotatable bonds is 4. The molecule has 24 heavy (non-hydrogen) atoms. The van der Waals surface area contributed by atoms with Crippen LogP contribution >= 0.6 is 0 Å². The number of ether oxygens (including phenoxy) is 2. The van der Waals surface area contributed by atoms with Crippen molar-refractivity contribution in [3.8, 4) is 17.2 Å². The summed E-state index contributed by atoms with van der Waals surface area (Å²) in [6.07, 6.45) is 4.39. The first-order valence-corrected chi connectivity index (χ1v) is 7.88. The number of esters is 1. The number of aryl methyl sites for hydroxylation is 1. The second kappa shape index (κ2) is 6.35. The second-order valence-electron chi connectivity index (χ2n) is 5.55. The van der Waals surface area contributed by atoms with E-state index in [9.17, 15) is 4.79 Å². The molecule has 2 aromatic heterocycles. The van der Waals surface area contributed by atoms with Gasteiger partial charge in [-0.2, -0.15) is 0 Å². The van der Waals surface area contributed by atoms with E-state index >= 15 is 0 Å². The maximum absolute atomic E-state index is 11.6. The summed E-state index contributed by atoms with van der Waals surface area (Å²) in [6.45, 7) is 5.55. The predicted molar refractivity (Wildman–Crippen MR) is 93.0 cm³/mol. The zero-order valence-corrected chi connectivity index (χ0v) is 14.3. The molecule has 0 saturated carbocycles. The molecule has 0 N–H and O–H groups in total. The molecule has 124 valence electrons. The highest BCUT2D eigenvalue weighted by Crippen LogP contribution is 2.41. The van der Waals surface area contributed by atoms with Crippen molar-refractivity contribution in [2.45, 2.75) is 27.2 Å². The Morgan fingerprint density at radius 3 is 2.67 bits per heavy atom. The molecule has 0 bridgehead atoms. The van der Waals surface area contributed by atoms with Crippen molar-refractivity contribution in [3.05, 3.63) is 47.9 Å². The van der Waals surface area contributed by atoms with Crippen LogP contribution in [0.25, 0.3) is 16.6 Å². The van der Waals surface area contributed by atoms with Crippen LogP contribution in [0, 0.1) is 6.92 Å². The highest BCUT2D eigenvalue weighted by molar-refractivity contribution is 5.96. The van der Waals surface area contributed by atoms with E-state index in [1.54, 1.807) is 13.3 Å². The molecule has 5 nitrogen and oxygen atoms in total. The molecule has 5 heteroatoms. The average Bonchev–Trinajstić information content (AvgIpc) is 2.87. The van der Waals surface area contributed by atoms with Gasteiger partial charge in [-0.15, -0.1) is 0 Å². The first-order valence-electron chi connectivity index (χ1n) is 7.88. The minimum absolute atomic E-state index is 0.366. The number of methoxy groups -OCH3 is 1. The number of carbonyl (C=O) groups excluding carboxylic acids is 1. The van der Waals surface area contributed by atoms with Gasteiger partial charge in [-0.25, -0.2) is 0 Å². The molecule has 0 radical (unpaired) electrons. The van der Waals surface area contributed by atoms with Gasteiger partial charge < -0.3 is 14.0 Å². The molecule has 0 fully saturated rings. The second-order valence-corrected chi connectivity index (χ2v) is 5.55. The van der Waals surface area contributed by atoms with Crippen molar-refractivity contribution in [1.82, 2.24) is 9.55 Å². The summed E-state index contributed by atoms with van der Waals surface area (Å²) in [5.74, 6) is 0.662. The maximum atomic E-state index is 11.6. The van der Waals surface area contributed by atoms with Crippen molar-refractivity contribution in [2.24, 2.45) is 0 Å². The molecule has 0 atom stereocenters. The van der Waals surface area contributed by atoms with Crippen molar-refractivity contribution in [2.75, 3.05) is 7.11 Å². The van der Waals surface area contributed by atoms with Crippen LogP contribution in [-0.4, -0.2) is 22.6 Å². The Hall–Kier alpha value is -2.82. The van der Waals surface area contributed by atoms with Crippen LogP contribution < -0.4 is 9.47 Å². The fraction of sp³-hybridized carbons (Fsp3) is 0.263. The van der Waals surface area contributed by atoms with Gasteiger partial charge in [-0.3, -0.25) is 9.78 Å². The molecule has 0 aliphatic carbocycles. The molecule has 0 spiro atoms. The third kappa shape index (κ3) is 2.52. The number of carbonyl (C=O) groups is 1. The Balaban J connectivity index is 2.41. The number of nitrogens with zero attached hydrogens (tertiary/aromatic N) is 2. The lowest BCUT2D eigenvalue weighted by Gasteiger charge is -2.11. The highest BCUT2D eigenvalue weighted by atomic mass is 16.6. The summed E-state index contributed by atoms with van der Waals surface area (Å²) >= 11 is 0. The molecular weight excluding hydrogens is 304 g/mol. The van der Waals surface area contributed by atoms with Crippen LogP contribution in [0.15, 0.2) is 36.7 Å². The summed E-state index contributed by atoms with van der Waals surface area (Å²) in [4.78, 5) is 15.8. The van der Waals surface area contributed by atoms with E-state index in [1.807, 2.05) is 30.5 Å². The lowest BCUT2D eigenvalue weighted by molar-refractivity contribution is -0.131. The Morgan fingerprint density at radius 1 is 1.29 bits per heavy atom. The first kappa shape index (κ1) is 16.1. The highest BCUT2D eigenvalue weighted by Gasteiger charge is 2.22. The number of benzene rings is 1. The summed E-state index contributed by atoms with van der Waals surface area (Å²) in [6, 6.07) is 7.73. The summed E-state index contributed by atoms with van der Waals surface area (Å²) in [5.41, 5.74) is 4.17. The zero-order chi connectivity index (χ0) is 17.3. The van der Waals surface area contributed by atoms with Crippen LogP contribution in [0.2, 0.25) is 0 Å². The molecule has 3 aromatic rings. The van der Waals surface area contributed by atoms with E-state index in [4.69, 9.17) is 9.47 Å². The number of hydrogen-bond donors (Lipinski definition) is 0. The Kier molecular flexibility index (Phi) is 4.25. The molecule has 0 unspecified atom stereocenters. The number of fused-ring (bicyclic) bond motifs is 1. The first-order chi connectivity index (χ1) is 11.6. The third-order valence-electron chi connectivity index (χ3n) is 4.14. The Labute approximate surface area is 140 Å². The molecule has 1 aromatic carbocycles. The molecule has 0 aliphatic heterocycles. The summed E-state index contributed by atoms with van der Waals surface area (Å²) < 4.78 is 13.0. The van der Waals surface area contributed by atoms with Crippen molar-refractivity contribution < 1.29 is 14.3 Å². The zero-order valence-electron chi connectivity index (χ0n) is 14.3. The van der Waals surface area contributed by atoms with Gasteiger partial charge in [0.25, 0.3) is 0 Å². The van der Waals surface area contributed by atoms with Gasteiger partial charge in [0.15, 0.2) is 11.5 Å².